The molecule has 2 aliphatic rings. The van der Waals surface area contributed by atoms with Crippen molar-refractivity contribution in [3.8, 4) is 11.1 Å². The Morgan fingerprint density at radius 1 is 0.647 bits per heavy atom. The van der Waals surface area contributed by atoms with Crippen LogP contribution in [0.2, 0.25) is 15.1 Å². The molecule has 51 heavy (non-hydrogen) atoms. The summed E-state index contributed by atoms with van der Waals surface area (Å²) in [5.41, 5.74) is 13.9. The number of rotatable bonds is 4. The van der Waals surface area contributed by atoms with Gasteiger partial charge in [-0.25, -0.2) is 0 Å². The molecule has 260 valence electrons. The topological polar surface area (TPSA) is 0 Å². The number of hydrogen-bond acceptors (Lipinski definition) is 0. The predicted octanol–water partition coefficient (Wildman–Crippen LogP) is 6.05. The Hall–Kier alpha value is -2.36. The van der Waals surface area contributed by atoms with E-state index >= 15 is 0 Å². The molecule has 0 atom stereocenters. The summed E-state index contributed by atoms with van der Waals surface area (Å²) in [5.74, 6) is 0. The van der Waals surface area contributed by atoms with Crippen LogP contribution < -0.4 is 35.3 Å². The van der Waals surface area contributed by atoms with Crippen LogP contribution in [-0.2, 0) is 36.7 Å². The van der Waals surface area contributed by atoms with Gasteiger partial charge in [0.1, 0.15) is 0 Å². The summed E-state index contributed by atoms with van der Waals surface area (Å²) in [4.78, 5) is 0. The molecule has 0 fully saturated rings. The van der Waals surface area contributed by atoms with Crippen LogP contribution in [0, 0.1) is 0 Å². The molecule has 5 aromatic rings. The van der Waals surface area contributed by atoms with Gasteiger partial charge in [0.2, 0.25) is 0 Å². The van der Waals surface area contributed by atoms with Crippen LogP contribution >= 0.6 is 34.8 Å². The Kier molecular flexibility index (Phi) is 12.9. The van der Waals surface area contributed by atoms with E-state index in [1.807, 2.05) is 12.1 Å². The molecule has 6 heteroatoms. The zero-order valence-electron chi connectivity index (χ0n) is 29.5. The van der Waals surface area contributed by atoms with E-state index in [1.165, 1.54) is 55.3 Å². The van der Waals surface area contributed by atoms with Gasteiger partial charge in [-0.2, -0.15) is 0 Å². The normalized spacial score (nSPS) is 13.0. The summed E-state index contributed by atoms with van der Waals surface area (Å²) >= 11 is 20.0. The van der Waals surface area contributed by atoms with Crippen molar-refractivity contribution in [3.63, 3.8) is 0 Å². The van der Waals surface area contributed by atoms with Crippen LogP contribution in [0.1, 0.15) is 86.9 Å². The number of halogens is 5. The first-order valence-corrected chi connectivity index (χ1v) is 17.6. The van der Waals surface area contributed by atoms with Gasteiger partial charge in [0.05, 0.1) is 15.1 Å². The molecular formula is C45H38Cl5Hf-3. The van der Waals surface area contributed by atoms with Gasteiger partial charge in [0, 0.05) is 31.4 Å². The Balaban J connectivity index is 0.00000194. The molecule has 5 aromatic carbocycles. The van der Waals surface area contributed by atoms with Crippen LogP contribution in [0.4, 0.5) is 0 Å². The van der Waals surface area contributed by atoms with Gasteiger partial charge in [-0.3, -0.25) is 0 Å². The minimum absolute atomic E-state index is 0. The third-order valence-corrected chi connectivity index (χ3v) is 10.8. The number of fused-ring (bicyclic) bond motifs is 3. The van der Waals surface area contributed by atoms with E-state index in [1.54, 1.807) is 0 Å². The number of allylic oxidation sites excluding steroid dienone is 4. The van der Waals surface area contributed by atoms with Gasteiger partial charge in [0.15, 0.2) is 0 Å². The van der Waals surface area contributed by atoms with Crippen molar-refractivity contribution in [1.82, 2.24) is 0 Å². The summed E-state index contributed by atoms with van der Waals surface area (Å²) in [6, 6.07) is 34.7. The summed E-state index contributed by atoms with van der Waals surface area (Å²) in [7, 11) is 0. The molecule has 0 N–H and O–H groups in total. The van der Waals surface area contributed by atoms with Gasteiger partial charge < -0.3 is 24.8 Å². The second-order valence-electron chi connectivity index (χ2n) is 14.8. The van der Waals surface area contributed by atoms with Crippen molar-refractivity contribution in [2.75, 3.05) is 0 Å². The maximum Gasteiger partial charge on any atom is 0.0784 e. The quantitative estimate of drug-likeness (QED) is 0.115. The first-order chi connectivity index (χ1) is 22.8. The summed E-state index contributed by atoms with van der Waals surface area (Å²) < 4.78 is 0. The maximum absolute atomic E-state index is 6.95. The Morgan fingerprint density at radius 3 is 1.80 bits per heavy atom. The van der Waals surface area contributed by atoms with Gasteiger partial charge >= 0.3 is 0 Å². The molecule has 0 heterocycles. The van der Waals surface area contributed by atoms with E-state index in [0.717, 1.165) is 28.3 Å². The van der Waals surface area contributed by atoms with Gasteiger partial charge in [-0.15, -0.1) is 34.1 Å². The van der Waals surface area contributed by atoms with Gasteiger partial charge in [-0.1, -0.05) is 196 Å². The fourth-order valence-electron chi connectivity index (χ4n) is 7.20. The van der Waals surface area contributed by atoms with Crippen LogP contribution in [0.25, 0.3) is 33.9 Å². The van der Waals surface area contributed by atoms with Crippen molar-refractivity contribution in [2.45, 2.75) is 58.8 Å². The van der Waals surface area contributed by atoms with E-state index in [2.05, 4.69) is 145 Å². The number of hydrogen-bond donors (Lipinski definition) is 0. The fourth-order valence-corrected chi connectivity index (χ4v) is 7.84. The minimum atomic E-state index is -0.232. The Morgan fingerprint density at radius 2 is 1.24 bits per heavy atom. The minimum Gasteiger partial charge on any atom is -1.00 e. The zero-order valence-corrected chi connectivity index (χ0v) is 36.9. The average Bonchev–Trinajstić information content (AvgIpc) is 3.68. The van der Waals surface area contributed by atoms with E-state index in [0.29, 0.717) is 15.1 Å². The average molecular weight is 935 g/mol. The molecule has 0 unspecified atom stereocenters. The standard InChI is InChI=1S/C45H38Cl3.2ClH.Hf/c1-44(2,3)30-20-21-31-29(24-30)25-36-35(31)26-37(39(27-14-9-7-10-15-27)28-16-11-8-12-17-28)41(45(4,5)6)40(36)33-19-13-18-32(33)34-22-23-38(46)43(48)42(34)47;;;/h7-18,20-24,26H,19H2,1-6H3;2*1H;/q-1;;;/p-2. The van der Waals surface area contributed by atoms with Crippen molar-refractivity contribution >= 4 is 57.6 Å². The second-order valence-corrected chi connectivity index (χ2v) is 16.0. The molecule has 0 aromatic heterocycles. The van der Waals surface area contributed by atoms with Gasteiger partial charge in [0.25, 0.3) is 0 Å². The molecule has 0 amide bonds. The molecule has 2 aliphatic carbocycles. The van der Waals surface area contributed by atoms with E-state index < -0.39 is 0 Å². The van der Waals surface area contributed by atoms with Crippen LogP contribution in [0.3, 0.4) is 0 Å². The van der Waals surface area contributed by atoms with Crippen molar-refractivity contribution in [3.05, 3.63) is 174 Å². The largest absolute Gasteiger partial charge is 1.00 e. The van der Waals surface area contributed by atoms with E-state index in [4.69, 9.17) is 34.8 Å². The van der Waals surface area contributed by atoms with E-state index in [9.17, 15) is 0 Å². The van der Waals surface area contributed by atoms with Crippen molar-refractivity contribution in [2.24, 2.45) is 0 Å². The third-order valence-electron chi connectivity index (χ3n) is 9.47. The van der Waals surface area contributed by atoms with Crippen LogP contribution in [0.15, 0.2) is 109 Å². The van der Waals surface area contributed by atoms with Crippen LogP contribution in [-0.4, -0.2) is 0 Å². The SMILES string of the molecule is CC(C)(C)c1ccc2c(c1)[C-]=c1c-2cc(=C(c2ccccc2)c2ccccc2)c(C(C)(C)C)c1C1=C(c2ccc(Cl)c(Cl)c2Cl)C=CC1.[Cl-].[Cl-].[Hf]. The molecule has 0 saturated carbocycles. The summed E-state index contributed by atoms with van der Waals surface area (Å²) in [6.45, 7) is 13.8. The molecule has 0 aliphatic heterocycles. The molecule has 0 bridgehead atoms. The first-order valence-electron chi connectivity index (χ1n) is 16.5. The third kappa shape index (κ3) is 7.68. The Bertz CT molecular complexity index is 2250. The second kappa shape index (κ2) is 15.9. The molecule has 0 spiro atoms. The monoisotopic (exact) mass is 933 g/mol. The van der Waals surface area contributed by atoms with E-state index in [-0.39, 0.29) is 61.5 Å². The zero-order chi connectivity index (χ0) is 34.0. The van der Waals surface area contributed by atoms with Crippen molar-refractivity contribution < 1.29 is 50.7 Å². The van der Waals surface area contributed by atoms with Crippen LogP contribution in [0.5, 0.6) is 0 Å². The first kappa shape index (κ1) is 41.4. The maximum atomic E-state index is 6.95. The summed E-state index contributed by atoms with van der Waals surface area (Å²) in [6.07, 6.45) is 9.13. The van der Waals surface area contributed by atoms with Crippen molar-refractivity contribution in [1.29, 1.82) is 0 Å². The Labute approximate surface area is 348 Å². The fraction of sp³-hybridized carbons (Fsp3) is 0.200. The molecule has 0 nitrogen and oxygen atoms in total. The molecule has 7 rings (SSSR count). The molecular weight excluding hydrogens is 896 g/mol. The predicted molar refractivity (Wildman–Crippen MR) is 208 cm³/mol. The summed E-state index contributed by atoms with van der Waals surface area (Å²) in [5, 5.41) is 3.66. The molecule has 0 saturated heterocycles. The number of benzene rings is 5. The smallest absolute Gasteiger partial charge is 0.0784 e. The molecule has 0 radical (unpaired) electrons. The van der Waals surface area contributed by atoms with Gasteiger partial charge in [-0.05, 0) is 50.8 Å².